The molecule has 0 N–H and O–H groups in total. The number of aryl methyl sites for hydroxylation is 1. The summed E-state index contributed by atoms with van der Waals surface area (Å²) < 4.78 is 30.2. The number of hydrogen-bond donors (Lipinski definition) is 0. The lowest BCUT2D eigenvalue weighted by Gasteiger charge is -2.24. The van der Waals surface area contributed by atoms with Gasteiger partial charge in [0.15, 0.2) is 9.84 Å². The fraction of sp³-hybridized carbons (Fsp3) is 0.529. The van der Waals surface area contributed by atoms with Gasteiger partial charge in [0, 0.05) is 12.8 Å². The molecule has 0 aromatic heterocycles. The topological polar surface area (TPSA) is 77.5 Å². The molecule has 0 amide bonds. The van der Waals surface area contributed by atoms with Crippen LogP contribution < -0.4 is 0 Å². The van der Waals surface area contributed by atoms with Crippen molar-refractivity contribution in [1.82, 2.24) is 0 Å². The maximum absolute atomic E-state index is 12.6. The number of rotatable bonds is 7. The normalized spacial score (nSPS) is 14.3. The summed E-state index contributed by atoms with van der Waals surface area (Å²) in [5.41, 5.74) is 0.951. The predicted octanol–water partition coefficient (Wildman–Crippen LogP) is 2.56. The first-order valence-electron chi connectivity index (χ1n) is 7.55. The van der Waals surface area contributed by atoms with E-state index in [1.807, 2.05) is 6.92 Å². The molecule has 0 saturated carbocycles. The minimum Gasteiger partial charge on any atom is -0.462 e. The van der Waals surface area contributed by atoms with Gasteiger partial charge in [-0.15, -0.1) is 0 Å². The number of sulfone groups is 1. The van der Waals surface area contributed by atoms with Crippen LogP contribution in [0.25, 0.3) is 0 Å². The van der Waals surface area contributed by atoms with Crippen molar-refractivity contribution in [3.8, 4) is 0 Å². The first-order chi connectivity index (χ1) is 10.5. The molecule has 2 atom stereocenters. The molecular formula is C17H24O5S. The Bertz CT molecular complexity index is 659. The zero-order chi connectivity index (χ0) is 17.8. The molecule has 1 aromatic carbocycles. The monoisotopic (exact) mass is 340 g/mol. The molecule has 128 valence electrons. The summed E-state index contributed by atoms with van der Waals surface area (Å²) in [6.45, 7) is 8.06. The third kappa shape index (κ3) is 5.46. The quantitative estimate of drug-likeness (QED) is 0.713. The summed E-state index contributed by atoms with van der Waals surface area (Å²) in [5.74, 6) is -2.36. The number of hydrogen-bond acceptors (Lipinski definition) is 5. The van der Waals surface area contributed by atoms with E-state index in [0.29, 0.717) is 0 Å². The second-order valence-electron chi connectivity index (χ2n) is 6.07. The maximum atomic E-state index is 12.6. The molecule has 0 aliphatic rings. The van der Waals surface area contributed by atoms with Gasteiger partial charge in [-0.1, -0.05) is 31.5 Å². The Morgan fingerprint density at radius 1 is 1.09 bits per heavy atom. The van der Waals surface area contributed by atoms with Crippen LogP contribution in [0.3, 0.4) is 0 Å². The Morgan fingerprint density at radius 3 is 2.04 bits per heavy atom. The molecule has 0 spiro atoms. The predicted molar refractivity (Wildman–Crippen MR) is 87.8 cm³/mol. The first kappa shape index (κ1) is 19.4. The van der Waals surface area contributed by atoms with E-state index in [1.54, 1.807) is 32.9 Å². The molecule has 6 heteroatoms. The Labute approximate surface area is 138 Å². The SMILES string of the molecule is CC(=O)O[C@H](C)[C@@H](CS(=O)(=O)c1ccc(C)cc1)C(=O)C(C)C. The number of carbonyl (C=O) groups is 2. The molecule has 0 bridgehead atoms. The van der Waals surface area contributed by atoms with Gasteiger partial charge >= 0.3 is 5.97 Å². The van der Waals surface area contributed by atoms with E-state index in [0.717, 1.165) is 5.56 Å². The lowest BCUT2D eigenvalue weighted by atomic mass is 9.93. The van der Waals surface area contributed by atoms with E-state index >= 15 is 0 Å². The van der Waals surface area contributed by atoms with Gasteiger partial charge in [0.2, 0.25) is 0 Å². The van der Waals surface area contributed by atoms with Crippen LogP contribution in [0.1, 0.15) is 33.3 Å². The van der Waals surface area contributed by atoms with E-state index in [-0.39, 0.29) is 22.3 Å². The smallest absolute Gasteiger partial charge is 0.302 e. The van der Waals surface area contributed by atoms with Gasteiger partial charge in [0.05, 0.1) is 16.6 Å². The molecule has 0 radical (unpaired) electrons. The molecule has 23 heavy (non-hydrogen) atoms. The molecule has 0 unspecified atom stereocenters. The van der Waals surface area contributed by atoms with E-state index in [4.69, 9.17) is 4.74 Å². The Balaban J connectivity index is 3.10. The van der Waals surface area contributed by atoms with Crippen LogP contribution in [0.4, 0.5) is 0 Å². The van der Waals surface area contributed by atoms with Gasteiger partial charge in [-0.05, 0) is 26.0 Å². The molecule has 1 rings (SSSR count). The summed E-state index contributed by atoms with van der Waals surface area (Å²) in [7, 11) is -3.65. The van der Waals surface area contributed by atoms with Crippen LogP contribution in [-0.4, -0.2) is 32.0 Å². The highest BCUT2D eigenvalue weighted by atomic mass is 32.2. The van der Waals surface area contributed by atoms with Crippen LogP contribution in [0.2, 0.25) is 0 Å². The zero-order valence-corrected chi connectivity index (χ0v) is 15.0. The number of benzene rings is 1. The van der Waals surface area contributed by atoms with Crippen molar-refractivity contribution in [3.63, 3.8) is 0 Å². The van der Waals surface area contributed by atoms with Gasteiger partial charge < -0.3 is 4.74 Å². The largest absolute Gasteiger partial charge is 0.462 e. The number of carbonyl (C=O) groups excluding carboxylic acids is 2. The minimum absolute atomic E-state index is 0.166. The van der Waals surface area contributed by atoms with Crippen LogP contribution >= 0.6 is 0 Å². The van der Waals surface area contributed by atoms with E-state index in [2.05, 4.69) is 0 Å². The molecule has 0 aliphatic carbocycles. The van der Waals surface area contributed by atoms with Gasteiger partial charge in [0.25, 0.3) is 0 Å². The Morgan fingerprint density at radius 2 is 1.61 bits per heavy atom. The van der Waals surface area contributed by atoms with E-state index in [9.17, 15) is 18.0 Å². The van der Waals surface area contributed by atoms with Gasteiger partial charge in [-0.25, -0.2) is 8.42 Å². The Kier molecular flexibility index (Phi) is 6.50. The molecule has 0 fully saturated rings. The fourth-order valence-electron chi connectivity index (χ4n) is 2.30. The average Bonchev–Trinajstić information content (AvgIpc) is 2.43. The number of ether oxygens (including phenoxy) is 1. The van der Waals surface area contributed by atoms with Crippen molar-refractivity contribution >= 4 is 21.6 Å². The van der Waals surface area contributed by atoms with Crippen molar-refractivity contribution in [2.24, 2.45) is 11.8 Å². The molecular weight excluding hydrogens is 316 g/mol. The molecule has 1 aromatic rings. The first-order valence-corrected chi connectivity index (χ1v) is 9.20. The number of esters is 1. The van der Waals surface area contributed by atoms with Gasteiger partial charge in [-0.3, -0.25) is 9.59 Å². The van der Waals surface area contributed by atoms with E-state index in [1.165, 1.54) is 19.1 Å². The second kappa shape index (κ2) is 7.73. The maximum Gasteiger partial charge on any atom is 0.302 e. The van der Waals surface area contributed by atoms with Gasteiger partial charge in [-0.2, -0.15) is 0 Å². The number of Topliss-reactive ketones (excluding diaryl/α,β-unsaturated/α-hetero) is 1. The highest BCUT2D eigenvalue weighted by Gasteiger charge is 2.34. The molecule has 5 nitrogen and oxygen atoms in total. The lowest BCUT2D eigenvalue weighted by molar-refractivity contribution is -0.149. The van der Waals surface area contributed by atoms with Crippen molar-refractivity contribution in [1.29, 1.82) is 0 Å². The summed E-state index contributed by atoms with van der Waals surface area (Å²) >= 11 is 0. The van der Waals surface area contributed by atoms with Crippen LogP contribution in [0.5, 0.6) is 0 Å². The van der Waals surface area contributed by atoms with Crippen molar-refractivity contribution < 1.29 is 22.7 Å². The Hall–Kier alpha value is -1.69. The van der Waals surface area contributed by atoms with Crippen molar-refractivity contribution in [2.75, 3.05) is 5.75 Å². The van der Waals surface area contributed by atoms with Crippen molar-refractivity contribution in [2.45, 2.75) is 45.6 Å². The summed E-state index contributed by atoms with van der Waals surface area (Å²) in [4.78, 5) is 23.7. The number of ketones is 1. The van der Waals surface area contributed by atoms with Crippen LogP contribution in [0, 0.1) is 18.8 Å². The zero-order valence-electron chi connectivity index (χ0n) is 14.2. The molecule has 0 heterocycles. The average molecular weight is 340 g/mol. The summed E-state index contributed by atoms with van der Waals surface area (Å²) in [5, 5.41) is 0. The summed E-state index contributed by atoms with van der Waals surface area (Å²) in [6.07, 6.45) is -0.789. The highest BCUT2D eigenvalue weighted by Crippen LogP contribution is 2.21. The third-order valence-electron chi connectivity index (χ3n) is 3.63. The second-order valence-corrected chi connectivity index (χ2v) is 8.11. The molecule has 0 aliphatic heterocycles. The fourth-order valence-corrected chi connectivity index (χ4v) is 3.95. The lowest BCUT2D eigenvalue weighted by Crippen LogP contribution is -2.37. The van der Waals surface area contributed by atoms with Crippen molar-refractivity contribution in [3.05, 3.63) is 29.8 Å². The van der Waals surface area contributed by atoms with E-state index < -0.39 is 27.8 Å². The highest BCUT2D eigenvalue weighted by molar-refractivity contribution is 7.91. The van der Waals surface area contributed by atoms with Crippen LogP contribution in [-0.2, 0) is 24.2 Å². The molecule has 0 saturated heterocycles. The minimum atomic E-state index is -3.65. The summed E-state index contributed by atoms with van der Waals surface area (Å²) in [6, 6.07) is 6.47. The third-order valence-corrected chi connectivity index (χ3v) is 5.42. The standard InChI is InChI=1S/C17H24O5S/c1-11(2)17(19)16(13(4)22-14(5)18)10-23(20,21)15-8-6-12(3)7-9-15/h6-9,11,13,16H,10H2,1-5H3/t13-,16-/m1/s1. The van der Waals surface area contributed by atoms with Gasteiger partial charge in [0.1, 0.15) is 11.9 Å². The van der Waals surface area contributed by atoms with Crippen LogP contribution in [0.15, 0.2) is 29.2 Å².